The van der Waals surface area contributed by atoms with Gasteiger partial charge in [-0.15, -0.1) is 11.3 Å². The molecule has 2 nitrogen and oxygen atoms in total. The number of carbonyl (C=O) groups excluding carboxylic acids is 2. The highest BCUT2D eigenvalue weighted by Gasteiger charge is 2.53. The zero-order valence-electron chi connectivity index (χ0n) is 21.2. The van der Waals surface area contributed by atoms with Crippen molar-refractivity contribution in [2.75, 3.05) is 0 Å². The van der Waals surface area contributed by atoms with Crippen LogP contribution in [0.3, 0.4) is 0 Å². The van der Waals surface area contributed by atoms with Crippen LogP contribution in [0, 0.1) is 18.8 Å². The molecule has 196 valence electrons. The van der Waals surface area contributed by atoms with E-state index in [1.807, 2.05) is 0 Å². The van der Waals surface area contributed by atoms with Crippen LogP contribution in [-0.4, -0.2) is 11.6 Å². The lowest BCUT2D eigenvalue weighted by atomic mass is 9.69. The summed E-state index contributed by atoms with van der Waals surface area (Å²) in [6.45, 7) is 2.09. The van der Waals surface area contributed by atoms with Crippen molar-refractivity contribution in [1.82, 2.24) is 0 Å². The van der Waals surface area contributed by atoms with Crippen LogP contribution in [0.5, 0.6) is 0 Å². The first-order valence-corrected chi connectivity index (χ1v) is 14.5. The standard InChI is InChI=1S/C32H29F3O2S/c1-16-2-4-17(5-3-16)19-8-12-22-24(14-19)28(36)30-26(22)27-23-13-9-20(15-25(23)29(37)31(27)38-30)18-6-10-21(11-7-18)32(33,34)35/h2-7,10-11,19-20,22-25H,8-9,12-15H2,1H3. The predicted octanol–water partition coefficient (Wildman–Crippen LogP) is 8.80. The summed E-state index contributed by atoms with van der Waals surface area (Å²) in [6.07, 6.45) is 0.923. The van der Waals surface area contributed by atoms with Crippen molar-refractivity contribution in [1.29, 1.82) is 0 Å². The molecule has 6 unspecified atom stereocenters. The van der Waals surface area contributed by atoms with Gasteiger partial charge in [0.2, 0.25) is 0 Å². The number of fused-ring (bicyclic) bond motifs is 7. The van der Waals surface area contributed by atoms with E-state index >= 15 is 0 Å². The average Bonchev–Trinajstić information content (AvgIpc) is 3.52. The number of carbonyl (C=O) groups is 2. The number of rotatable bonds is 2. The highest BCUT2D eigenvalue weighted by Crippen LogP contribution is 2.61. The SMILES string of the molecule is Cc1ccc(C2CCC3c4c(sc5c4C4CCC(c6ccc(C(F)(F)F)cc6)CC4C5=O)C(=O)C3C2)cc1. The van der Waals surface area contributed by atoms with Crippen LogP contribution in [0.2, 0.25) is 0 Å². The van der Waals surface area contributed by atoms with E-state index in [1.165, 1.54) is 33.6 Å². The molecule has 0 amide bonds. The predicted molar refractivity (Wildman–Crippen MR) is 141 cm³/mol. The summed E-state index contributed by atoms with van der Waals surface area (Å²) in [7, 11) is 0. The van der Waals surface area contributed by atoms with E-state index in [0.717, 1.165) is 59.6 Å². The normalized spacial score (nSPS) is 30.1. The van der Waals surface area contributed by atoms with Gasteiger partial charge in [0.25, 0.3) is 0 Å². The smallest absolute Gasteiger partial charge is 0.293 e. The third-order valence-electron chi connectivity index (χ3n) is 9.80. The Kier molecular flexibility index (Phi) is 5.53. The molecule has 1 aromatic heterocycles. The summed E-state index contributed by atoms with van der Waals surface area (Å²) >= 11 is 1.44. The van der Waals surface area contributed by atoms with Crippen LogP contribution >= 0.6 is 11.3 Å². The van der Waals surface area contributed by atoms with Crippen LogP contribution in [0.4, 0.5) is 13.2 Å². The van der Waals surface area contributed by atoms with Crippen LogP contribution in [0.1, 0.15) is 115 Å². The molecule has 2 saturated carbocycles. The Morgan fingerprint density at radius 1 is 0.658 bits per heavy atom. The molecule has 2 fully saturated rings. The number of benzene rings is 2. The summed E-state index contributed by atoms with van der Waals surface area (Å²) in [5.74, 6) is 1.13. The van der Waals surface area contributed by atoms with Gasteiger partial charge in [-0.1, -0.05) is 42.0 Å². The second-order valence-corrected chi connectivity index (χ2v) is 12.8. The molecule has 1 heterocycles. The molecule has 0 aliphatic heterocycles. The van der Waals surface area contributed by atoms with Crippen LogP contribution in [0.15, 0.2) is 48.5 Å². The fraction of sp³-hybridized carbons (Fsp3) is 0.438. The molecule has 0 spiro atoms. The lowest BCUT2D eigenvalue weighted by Gasteiger charge is -2.34. The Hall–Kier alpha value is -2.73. The molecular formula is C32H29F3O2S. The van der Waals surface area contributed by atoms with E-state index in [0.29, 0.717) is 12.3 Å². The van der Waals surface area contributed by atoms with Crippen LogP contribution in [0.25, 0.3) is 0 Å². The number of thiophene rings is 1. The topological polar surface area (TPSA) is 34.1 Å². The fourth-order valence-electron chi connectivity index (χ4n) is 7.90. The fourth-order valence-corrected chi connectivity index (χ4v) is 9.35. The number of alkyl halides is 3. The molecule has 0 bridgehead atoms. The molecule has 6 heteroatoms. The Morgan fingerprint density at radius 3 is 1.55 bits per heavy atom. The number of hydrogen-bond acceptors (Lipinski definition) is 3. The molecule has 4 aliphatic carbocycles. The van der Waals surface area contributed by atoms with Crippen LogP contribution in [-0.2, 0) is 6.18 Å². The molecular weight excluding hydrogens is 505 g/mol. The van der Waals surface area contributed by atoms with Gasteiger partial charge in [0.05, 0.1) is 15.3 Å². The second kappa shape index (κ2) is 8.64. The maximum Gasteiger partial charge on any atom is 0.416 e. The number of halogens is 3. The highest BCUT2D eigenvalue weighted by atomic mass is 32.1. The molecule has 6 atom stereocenters. The van der Waals surface area contributed by atoms with Crippen molar-refractivity contribution in [3.05, 3.63) is 91.7 Å². The number of ketones is 2. The summed E-state index contributed by atoms with van der Waals surface area (Å²) in [6, 6.07) is 14.2. The molecule has 38 heavy (non-hydrogen) atoms. The molecule has 0 saturated heterocycles. The molecule has 2 aromatic carbocycles. The van der Waals surface area contributed by atoms with E-state index < -0.39 is 11.7 Å². The van der Waals surface area contributed by atoms with Gasteiger partial charge < -0.3 is 0 Å². The van der Waals surface area contributed by atoms with Gasteiger partial charge >= 0.3 is 6.18 Å². The maximum absolute atomic E-state index is 13.6. The largest absolute Gasteiger partial charge is 0.416 e. The van der Waals surface area contributed by atoms with Crippen LogP contribution < -0.4 is 0 Å². The van der Waals surface area contributed by atoms with Gasteiger partial charge in [0, 0.05) is 11.8 Å². The first-order valence-electron chi connectivity index (χ1n) is 13.7. The van der Waals surface area contributed by atoms with Gasteiger partial charge in [0.1, 0.15) is 0 Å². The Bertz CT molecular complexity index is 1430. The number of Topliss-reactive ketones (excluding diaryl/α,β-unsaturated/α-hetero) is 2. The molecule has 3 aromatic rings. The Labute approximate surface area is 224 Å². The summed E-state index contributed by atoms with van der Waals surface area (Å²) in [5.41, 5.74) is 5.16. The zero-order valence-corrected chi connectivity index (χ0v) is 22.0. The van der Waals surface area contributed by atoms with Gasteiger partial charge in [-0.3, -0.25) is 9.59 Å². The molecule has 0 N–H and O–H groups in total. The monoisotopic (exact) mass is 534 g/mol. The van der Waals surface area contributed by atoms with Crippen molar-refractivity contribution in [2.45, 2.75) is 75.3 Å². The third-order valence-corrected chi connectivity index (χ3v) is 11.1. The summed E-state index contributed by atoms with van der Waals surface area (Å²) in [4.78, 5) is 28.8. The minimum Gasteiger partial charge on any atom is -0.293 e. The minimum atomic E-state index is -4.35. The third kappa shape index (κ3) is 3.66. The number of hydrogen-bond donors (Lipinski definition) is 0. The Morgan fingerprint density at radius 2 is 1.11 bits per heavy atom. The quantitative estimate of drug-likeness (QED) is 0.329. The van der Waals surface area contributed by atoms with E-state index in [9.17, 15) is 22.8 Å². The molecule has 0 radical (unpaired) electrons. The van der Waals surface area contributed by atoms with Gasteiger partial charge in [0.15, 0.2) is 11.6 Å². The van der Waals surface area contributed by atoms with E-state index in [2.05, 4.69) is 31.2 Å². The second-order valence-electron chi connectivity index (χ2n) is 11.8. The first kappa shape index (κ1) is 24.3. The van der Waals surface area contributed by atoms with Crippen molar-refractivity contribution >= 4 is 22.9 Å². The Balaban J connectivity index is 1.13. The maximum atomic E-state index is 13.6. The van der Waals surface area contributed by atoms with Crippen molar-refractivity contribution in [2.24, 2.45) is 11.8 Å². The van der Waals surface area contributed by atoms with E-state index in [1.54, 1.807) is 12.1 Å². The van der Waals surface area contributed by atoms with E-state index in [-0.39, 0.29) is 41.2 Å². The van der Waals surface area contributed by atoms with Crippen molar-refractivity contribution in [3.8, 4) is 0 Å². The first-order chi connectivity index (χ1) is 18.2. The van der Waals surface area contributed by atoms with Gasteiger partial charge in [-0.05, 0) is 104 Å². The lowest BCUT2D eigenvalue weighted by molar-refractivity contribution is -0.137. The molecule has 7 rings (SSSR count). The van der Waals surface area contributed by atoms with Gasteiger partial charge in [-0.2, -0.15) is 13.2 Å². The zero-order chi connectivity index (χ0) is 26.3. The highest BCUT2D eigenvalue weighted by molar-refractivity contribution is 7.16. The summed E-state index contributed by atoms with van der Waals surface area (Å²) < 4.78 is 39.0. The minimum absolute atomic E-state index is 0.0132. The van der Waals surface area contributed by atoms with Crippen molar-refractivity contribution < 1.29 is 22.8 Å². The lowest BCUT2D eigenvalue weighted by Crippen LogP contribution is -2.24. The van der Waals surface area contributed by atoms with E-state index in [4.69, 9.17) is 0 Å². The number of aryl methyl sites for hydroxylation is 1. The van der Waals surface area contributed by atoms with Crippen molar-refractivity contribution in [3.63, 3.8) is 0 Å². The average molecular weight is 535 g/mol. The summed E-state index contributed by atoms with van der Waals surface area (Å²) in [5, 5.41) is 0. The van der Waals surface area contributed by atoms with Gasteiger partial charge in [-0.25, -0.2) is 0 Å². The molecule has 4 aliphatic rings.